The van der Waals surface area contributed by atoms with Gasteiger partial charge in [-0.1, -0.05) is 53.0 Å². The van der Waals surface area contributed by atoms with Crippen LogP contribution in [0, 0.1) is 6.92 Å². The van der Waals surface area contributed by atoms with Crippen molar-refractivity contribution < 1.29 is 4.74 Å². The third-order valence-corrected chi connectivity index (χ3v) is 5.43. The first-order chi connectivity index (χ1) is 14.8. The molecule has 0 atom stereocenters. The van der Waals surface area contributed by atoms with Crippen molar-refractivity contribution in [2.24, 2.45) is 7.05 Å². The smallest absolute Gasteiger partial charge is 0.250 e. The van der Waals surface area contributed by atoms with Gasteiger partial charge in [0.1, 0.15) is 11.6 Å². The Morgan fingerprint density at radius 3 is 2.32 bits per heavy atom. The zero-order valence-electron chi connectivity index (χ0n) is 17.1. The molecule has 0 amide bonds. The Hall–Kier alpha value is -2.60. The minimum atomic E-state index is -1.72. The van der Waals surface area contributed by atoms with Crippen LogP contribution in [0.25, 0.3) is 34.3 Å². The molecule has 0 N–H and O–H groups in total. The van der Waals surface area contributed by atoms with Crippen molar-refractivity contribution in [3.05, 3.63) is 71.6 Å². The van der Waals surface area contributed by atoms with Gasteiger partial charge in [0.15, 0.2) is 11.6 Å². The number of benzene rings is 2. The van der Waals surface area contributed by atoms with Gasteiger partial charge < -0.3 is 9.30 Å². The van der Waals surface area contributed by atoms with Crippen LogP contribution in [-0.2, 0) is 10.8 Å². The van der Waals surface area contributed by atoms with Gasteiger partial charge in [0, 0.05) is 23.5 Å². The normalized spacial score (nSPS) is 12.1. The molecule has 0 saturated heterocycles. The number of fused-ring (bicyclic) bond motifs is 1. The highest BCUT2D eigenvalue weighted by molar-refractivity contribution is 6.66. The Labute approximate surface area is 195 Å². The van der Waals surface area contributed by atoms with Gasteiger partial charge in [-0.25, -0.2) is 15.0 Å². The number of aryl methyl sites for hydroxylation is 2. The molecular formula is C23H19Cl3N4O. The van der Waals surface area contributed by atoms with E-state index in [0.29, 0.717) is 11.6 Å². The lowest BCUT2D eigenvalue weighted by molar-refractivity contribution is 0.415. The van der Waals surface area contributed by atoms with Crippen LogP contribution in [0.1, 0.15) is 23.0 Å². The zero-order chi connectivity index (χ0) is 22.2. The molecule has 5 nitrogen and oxygen atoms in total. The summed E-state index contributed by atoms with van der Waals surface area (Å²) in [4.78, 5) is 12.8. The number of aromatic nitrogens is 4. The second kappa shape index (κ2) is 8.50. The van der Waals surface area contributed by atoms with E-state index in [-0.39, 0.29) is 5.82 Å². The molecule has 0 saturated carbocycles. The van der Waals surface area contributed by atoms with E-state index in [1.54, 1.807) is 14.0 Å². The van der Waals surface area contributed by atoms with E-state index in [0.717, 1.165) is 33.5 Å². The summed E-state index contributed by atoms with van der Waals surface area (Å²) in [6.45, 7) is 1.74. The summed E-state index contributed by atoms with van der Waals surface area (Å²) in [5, 5.41) is 1.11. The second-order valence-electron chi connectivity index (χ2n) is 6.96. The molecule has 4 aromatic rings. The summed E-state index contributed by atoms with van der Waals surface area (Å²) in [7, 11) is 3.70. The van der Waals surface area contributed by atoms with E-state index in [9.17, 15) is 0 Å². The lowest BCUT2D eigenvalue weighted by Crippen LogP contribution is -2.11. The third-order valence-electron chi connectivity index (χ3n) is 4.93. The molecule has 0 aliphatic rings. The lowest BCUT2D eigenvalue weighted by atomic mass is 10.0. The van der Waals surface area contributed by atoms with E-state index in [2.05, 4.69) is 31.7 Å². The number of nitrogens with zero attached hydrogens (tertiary/aromatic N) is 4. The number of ether oxygens (including phenoxy) is 1. The maximum absolute atomic E-state index is 5.97. The van der Waals surface area contributed by atoms with E-state index >= 15 is 0 Å². The number of para-hydroxylation sites is 1. The molecule has 2 heterocycles. The summed E-state index contributed by atoms with van der Waals surface area (Å²) in [5.74, 6) is 1.80. The van der Waals surface area contributed by atoms with Gasteiger partial charge in [0.25, 0.3) is 0 Å². The van der Waals surface area contributed by atoms with Gasteiger partial charge in [-0.2, -0.15) is 0 Å². The minimum Gasteiger partial charge on any atom is -0.497 e. The van der Waals surface area contributed by atoms with Gasteiger partial charge in [-0.3, -0.25) is 0 Å². The Bertz CT molecular complexity index is 1270. The first-order valence-electron chi connectivity index (χ1n) is 9.47. The number of hydrogen-bond acceptors (Lipinski definition) is 4. The van der Waals surface area contributed by atoms with Crippen molar-refractivity contribution in [1.82, 2.24) is 19.5 Å². The lowest BCUT2D eigenvalue weighted by Gasteiger charge is -2.10. The summed E-state index contributed by atoms with van der Waals surface area (Å²) < 4.78 is 5.75. The highest BCUT2D eigenvalue weighted by Gasteiger charge is 2.27. The number of halogens is 3. The van der Waals surface area contributed by atoms with Gasteiger partial charge >= 0.3 is 0 Å². The average molecular weight is 474 g/mol. The van der Waals surface area contributed by atoms with Crippen molar-refractivity contribution >= 4 is 57.9 Å². The molecule has 4 rings (SSSR count). The average Bonchev–Trinajstić information content (AvgIpc) is 3.03. The molecule has 0 unspecified atom stereocenters. The van der Waals surface area contributed by atoms with E-state index < -0.39 is 3.79 Å². The van der Waals surface area contributed by atoms with Crippen LogP contribution in [0.5, 0.6) is 5.75 Å². The fraction of sp³-hybridized carbons (Fsp3) is 0.174. The van der Waals surface area contributed by atoms with Crippen LogP contribution in [0.4, 0.5) is 0 Å². The van der Waals surface area contributed by atoms with Crippen molar-refractivity contribution in [3.63, 3.8) is 0 Å². The highest BCUT2D eigenvalue weighted by Crippen LogP contribution is 2.37. The first-order valence-corrected chi connectivity index (χ1v) is 10.6. The topological polar surface area (TPSA) is 52.8 Å². The van der Waals surface area contributed by atoms with Crippen LogP contribution < -0.4 is 4.74 Å². The van der Waals surface area contributed by atoms with E-state index in [1.807, 2.05) is 55.6 Å². The SMILES string of the molecule is COc1ccc(-c2c(C=Cc3nc(C)nc(C(Cl)(Cl)Cl)n3)c3ccccc3n2C)cc1. The molecule has 158 valence electrons. The monoisotopic (exact) mass is 472 g/mol. The van der Waals surface area contributed by atoms with Crippen LogP contribution in [-0.4, -0.2) is 26.6 Å². The van der Waals surface area contributed by atoms with Gasteiger partial charge in [-0.05, 0) is 55.0 Å². The second-order valence-corrected chi connectivity index (χ2v) is 9.24. The summed E-state index contributed by atoms with van der Waals surface area (Å²) >= 11 is 17.9. The van der Waals surface area contributed by atoms with E-state index in [1.165, 1.54) is 0 Å². The minimum absolute atomic E-state index is 0.0953. The highest BCUT2D eigenvalue weighted by atomic mass is 35.6. The molecule has 0 aliphatic carbocycles. The number of methoxy groups -OCH3 is 1. The van der Waals surface area contributed by atoms with Crippen LogP contribution >= 0.6 is 34.8 Å². The fourth-order valence-corrected chi connectivity index (χ4v) is 3.80. The Morgan fingerprint density at radius 1 is 0.935 bits per heavy atom. The molecule has 2 aromatic carbocycles. The van der Waals surface area contributed by atoms with Crippen LogP contribution in [0.2, 0.25) is 0 Å². The van der Waals surface area contributed by atoms with E-state index in [4.69, 9.17) is 39.5 Å². The Morgan fingerprint density at radius 2 is 1.65 bits per heavy atom. The fourth-order valence-electron chi connectivity index (χ4n) is 3.55. The zero-order valence-corrected chi connectivity index (χ0v) is 19.4. The van der Waals surface area contributed by atoms with Crippen molar-refractivity contribution in [2.45, 2.75) is 10.7 Å². The molecule has 0 radical (unpaired) electrons. The first kappa shape index (κ1) is 21.6. The molecule has 0 bridgehead atoms. The Kier molecular flexibility index (Phi) is 5.93. The molecule has 2 aromatic heterocycles. The maximum Gasteiger partial charge on any atom is 0.250 e. The molecule has 31 heavy (non-hydrogen) atoms. The number of hydrogen-bond donors (Lipinski definition) is 0. The molecule has 0 fully saturated rings. The van der Waals surface area contributed by atoms with Crippen molar-refractivity contribution in [2.75, 3.05) is 7.11 Å². The Balaban J connectivity index is 1.87. The predicted octanol–water partition coefficient (Wildman–Crippen LogP) is 6.34. The van der Waals surface area contributed by atoms with Crippen molar-refractivity contribution in [3.8, 4) is 17.0 Å². The van der Waals surface area contributed by atoms with Crippen LogP contribution in [0.3, 0.4) is 0 Å². The summed E-state index contributed by atoms with van der Waals surface area (Å²) in [6.07, 6.45) is 3.79. The van der Waals surface area contributed by atoms with Gasteiger partial charge in [0.2, 0.25) is 3.79 Å². The third kappa shape index (κ3) is 4.40. The predicted molar refractivity (Wildman–Crippen MR) is 128 cm³/mol. The number of rotatable bonds is 4. The molecule has 0 aliphatic heterocycles. The summed E-state index contributed by atoms with van der Waals surface area (Å²) in [6, 6.07) is 16.2. The number of alkyl halides is 3. The van der Waals surface area contributed by atoms with Gasteiger partial charge in [0.05, 0.1) is 12.8 Å². The molecule has 8 heteroatoms. The van der Waals surface area contributed by atoms with Crippen LogP contribution in [0.15, 0.2) is 48.5 Å². The quantitative estimate of drug-likeness (QED) is 0.324. The van der Waals surface area contributed by atoms with Crippen molar-refractivity contribution in [1.29, 1.82) is 0 Å². The van der Waals surface area contributed by atoms with Gasteiger partial charge in [-0.15, -0.1) is 0 Å². The largest absolute Gasteiger partial charge is 0.497 e. The molecular weight excluding hydrogens is 455 g/mol. The standard InChI is InChI=1S/C23H19Cl3N4O/c1-14-27-20(29-22(28-14)23(24,25)26)13-12-18-17-6-4-5-7-19(17)30(2)21(18)15-8-10-16(31-3)11-9-15/h4-13H,1-3H3. The summed E-state index contributed by atoms with van der Waals surface area (Å²) in [5.41, 5.74) is 4.28. The molecule has 0 spiro atoms. The maximum atomic E-state index is 5.97.